The van der Waals surface area contributed by atoms with Crippen LogP contribution in [0, 0.1) is 11.8 Å². The van der Waals surface area contributed by atoms with Crippen LogP contribution < -0.4 is 43.8 Å². The average molecular weight is 784 g/mol. The molecule has 0 heterocycles. The minimum Gasteiger partial charge on any atom is -0.508 e. The summed E-state index contributed by atoms with van der Waals surface area (Å²) in [6, 6.07) is 6.12. The maximum atomic E-state index is 13.7. The first kappa shape index (κ1) is 46.2. The second kappa shape index (κ2) is 23.1. The fourth-order valence-corrected chi connectivity index (χ4v) is 5.56. The molecular weight excluding hydrogens is 726 g/mol. The predicted octanol–water partition coefficient (Wildman–Crippen LogP) is -0.504. The van der Waals surface area contributed by atoms with Gasteiger partial charge in [0.05, 0.1) is 12.6 Å². The Labute approximate surface area is 326 Å². The van der Waals surface area contributed by atoms with E-state index in [0.717, 1.165) is 0 Å². The van der Waals surface area contributed by atoms with E-state index in [-0.39, 0.29) is 67.9 Å². The standard InChI is InChI=1S/C38H57N9O9/c1-21(2)16-28(46-36(54)30(19-24-9-13-26(49)14-10-24)45-33(51)27(39)6-5-15-42-38(40)41)34(52)43-20-32(50)44-29(18-23-7-11-25(48)12-8-23)35(53)47-31(37(55)56)17-22(3)4/h7-14,21-22,27-31,48-49H,5-6,15-20,39H2,1-4H3,(H,43,52)(H,44,50)(H,45,51)(H,46,54)(H,47,53)(H,55,56)(H4,40,41,42)/t27-,28+,29-,30-,31+/m0/s1. The van der Waals surface area contributed by atoms with E-state index in [1.807, 2.05) is 13.8 Å². The molecule has 0 aliphatic carbocycles. The summed E-state index contributed by atoms with van der Waals surface area (Å²) in [6.45, 7) is 6.91. The molecule has 18 nitrogen and oxygen atoms in total. The largest absolute Gasteiger partial charge is 0.508 e. The number of carboxylic acids is 1. The van der Waals surface area contributed by atoms with Crippen LogP contribution in [0.4, 0.5) is 0 Å². The molecule has 0 aromatic heterocycles. The summed E-state index contributed by atoms with van der Waals surface area (Å²) < 4.78 is 0. The number of guanidine groups is 1. The van der Waals surface area contributed by atoms with Gasteiger partial charge in [0.2, 0.25) is 29.5 Å². The Morgan fingerprint density at radius 3 is 1.55 bits per heavy atom. The van der Waals surface area contributed by atoms with Crippen molar-refractivity contribution in [2.45, 2.75) is 96.4 Å². The second-order valence-corrected chi connectivity index (χ2v) is 14.4. The normalized spacial score (nSPS) is 13.7. The lowest BCUT2D eigenvalue weighted by molar-refractivity contribution is -0.142. The minimum atomic E-state index is -1.24. The van der Waals surface area contributed by atoms with E-state index >= 15 is 0 Å². The number of carboxylic acid groups (broad SMARTS) is 1. The van der Waals surface area contributed by atoms with Crippen LogP contribution in [0.2, 0.25) is 0 Å². The summed E-state index contributed by atoms with van der Waals surface area (Å²) in [7, 11) is 0. The van der Waals surface area contributed by atoms with Gasteiger partial charge in [-0.3, -0.25) is 29.0 Å². The molecular formula is C38H57N9O9. The minimum absolute atomic E-state index is 0.00201. The molecule has 0 radical (unpaired) electrons. The van der Waals surface area contributed by atoms with Gasteiger partial charge >= 0.3 is 5.97 Å². The molecule has 56 heavy (non-hydrogen) atoms. The third-order valence-corrected chi connectivity index (χ3v) is 8.43. The van der Waals surface area contributed by atoms with Crippen molar-refractivity contribution < 1.29 is 44.1 Å². The van der Waals surface area contributed by atoms with Crippen molar-refractivity contribution in [2.75, 3.05) is 13.1 Å². The summed E-state index contributed by atoms with van der Waals surface area (Å²) in [4.78, 5) is 82.5. The maximum Gasteiger partial charge on any atom is 0.326 e. The highest BCUT2D eigenvalue weighted by atomic mass is 16.4. The van der Waals surface area contributed by atoms with Crippen molar-refractivity contribution >= 4 is 41.5 Å². The zero-order chi connectivity index (χ0) is 41.9. The van der Waals surface area contributed by atoms with Crippen molar-refractivity contribution in [1.82, 2.24) is 26.6 Å². The Morgan fingerprint density at radius 2 is 1.09 bits per heavy atom. The SMILES string of the molecule is CC(C)C[C@@H](NC(=O)[C@H](Cc1ccc(O)cc1)NC(=O)CNC(=O)[C@@H](CC(C)C)NC(=O)[C@H](Cc1ccc(O)cc1)NC(=O)[C@@H](N)CCCN=C(N)N)C(=O)O. The third kappa shape index (κ3) is 17.5. The van der Waals surface area contributed by atoms with Gasteiger partial charge in [-0.2, -0.15) is 0 Å². The molecule has 0 fully saturated rings. The first-order valence-corrected chi connectivity index (χ1v) is 18.4. The zero-order valence-corrected chi connectivity index (χ0v) is 32.3. The molecule has 5 atom stereocenters. The van der Waals surface area contributed by atoms with Crippen molar-refractivity contribution in [3.63, 3.8) is 0 Å². The number of amides is 5. The van der Waals surface area contributed by atoms with Crippen LogP contribution in [0.1, 0.15) is 64.5 Å². The molecule has 14 N–H and O–H groups in total. The van der Waals surface area contributed by atoms with E-state index in [0.29, 0.717) is 17.5 Å². The quantitative estimate of drug-likeness (QED) is 0.0386. The topological polar surface area (TPSA) is 314 Å². The van der Waals surface area contributed by atoms with Crippen LogP contribution in [0.25, 0.3) is 0 Å². The summed E-state index contributed by atoms with van der Waals surface area (Å²) >= 11 is 0. The number of phenolic OH excluding ortho intramolecular Hbond substituents is 2. The number of hydrogen-bond acceptors (Lipinski definition) is 10. The van der Waals surface area contributed by atoms with Gasteiger partial charge in [0, 0.05) is 19.4 Å². The summed E-state index contributed by atoms with van der Waals surface area (Å²) in [6.07, 6.45) is 0.844. The van der Waals surface area contributed by atoms with Gasteiger partial charge < -0.3 is 59.1 Å². The van der Waals surface area contributed by atoms with Crippen molar-refractivity contribution in [1.29, 1.82) is 0 Å². The molecule has 0 bridgehead atoms. The smallest absolute Gasteiger partial charge is 0.326 e. The number of aliphatic carboxylic acids is 1. The van der Waals surface area contributed by atoms with Crippen LogP contribution in [0.5, 0.6) is 11.5 Å². The summed E-state index contributed by atoms with van der Waals surface area (Å²) in [5, 5.41) is 41.9. The van der Waals surface area contributed by atoms with Gasteiger partial charge in [-0.15, -0.1) is 0 Å². The number of nitrogens with one attached hydrogen (secondary N) is 5. The average Bonchev–Trinajstić information content (AvgIpc) is 3.12. The Hall–Kier alpha value is -5.91. The molecule has 2 rings (SSSR count). The number of phenols is 2. The Balaban J connectivity index is 2.20. The number of carbonyl (C=O) groups is 6. The Bertz CT molecular complexity index is 1650. The molecule has 18 heteroatoms. The van der Waals surface area contributed by atoms with Crippen LogP contribution in [0.15, 0.2) is 53.5 Å². The Kier molecular flexibility index (Phi) is 19.1. The molecule has 2 aromatic rings. The summed E-state index contributed by atoms with van der Waals surface area (Å²) in [5.41, 5.74) is 17.9. The molecule has 2 aromatic carbocycles. The first-order chi connectivity index (χ1) is 26.3. The number of aliphatic imine (C=N–C) groups is 1. The van der Waals surface area contributed by atoms with E-state index in [1.165, 1.54) is 24.3 Å². The molecule has 0 unspecified atom stereocenters. The van der Waals surface area contributed by atoms with Gasteiger partial charge in [-0.1, -0.05) is 52.0 Å². The number of rotatable bonds is 23. The van der Waals surface area contributed by atoms with Gasteiger partial charge in [-0.25, -0.2) is 4.79 Å². The number of carbonyl (C=O) groups excluding carboxylic acids is 5. The third-order valence-electron chi connectivity index (χ3n) is 8.43. The molecule has 5 amide bonds. The van der Waals surface area contributed by atoms with E-state index in [4.69, 9.17) is 17.2 Å². The van der Waals surface area contributed by atoms with E-state index in [9.17, 15) is 44.1 Å². The van der Waals surface area contributed by atoms with E-state index in [2.05, 4.69) is 31.6 Å². The number of nitrogens with zero attached hydrogens (tertiary/aromatic N) is 1. The van der Waals surface area contributed by atoms with Crippen LogP contribution in [-0.4, -0.2) is 100 Å². The second-order valence-electron chi connectivity index (χ2n) is 14.4. The number of aromatic hydroxyl groups is 2. The number of benzene rings is 2. The summed E-state index contributed by atoms with van der Waals surface area (Å²) in [5.74, 6) is -5.07. The van der Waals surface area contributed by atoms with Crippen molar-refractivity contribution in [3.05, 3.63) is 59.7 Å². The monoisotopic (exact) mass is 783 g/mol. The molecule has 0 aliphatic heterocycles. The van der Waals surface area contributed by atoms with Gasteiger partial charge in [0.25, 0.3) is 0 Å². The van der Waals surface area contributed by atoms with Gasteiger partial charge in [0.15, 0.2) is 5.96 Å². The molecule has 308 valence electrons. The van der Waals surface area contributed by atoms with Crippen LogP contribution in [-0.2, 0) is 41.6 Å². The zero-order valence-electron chi connectivity index (χ0n) is 32.3. The van der Waals surface area contributed by atoms with Crippen molar-refractivity contribution in [3.8, 4) is 11.5 Å². The lowest BCUT2D eigenvalue weighted by Crippen LogP contribution is -2.57. The molecule has 0 saturated carbocycles. The molecule has 0 saturated heterocycles. The van der Waals surface area contributed by atoms with Crippen LogP contribution >= 0.6 is 0 Å². The molecule has 0 spiro atoms. The van der Waals surface area contributed by atoms with Crippen LogP contribution in [0.3, 0.4) is 0 Å². The lowest BCUT2D eigenvalue weighted by atomic mass is 10.0. The Morgan fingerprint density at radius 1 is 0.643 bits per heavy atom. The first-order valence-electron chi connectivity index (χ1n) is 18.4. The fraction of sp³-hybridized carbons (Fsp3) is 0.500. The number of hydrogen-bond donors (Lipinski definition) is 11. The molecule has 0 aliphatic rings. The maximum absolute atomic E-state index is 13.7. The predicted molar refractivity (Wildman–Crippen MR) is 209 cm³/mol. The highest BCUT2D eigenvalue weighted by Gasteiger charge is 2.31. The van der Waals surface area contributed by atoms with E-state index < -0.39 is 72.3 Å². The fourth-order valence-electron chi connectivity index (χ4n) is 5.56. The van der Waals surface area contributed by atoms with Gasteiger partial charge in [0.1, 0.15) is 35.7 Å². The highest BCUT2D eigenvalue weighted by molar-refractivity contribution is 5.95. The highest BCUT2D eigenvalue weighted by Crippen LogP contribution is 2.14. The lowest BCUT2D eigenvalue weighted by Gasteiger charge is -2.25. The number of nitrogens with two attached hydrogens (primary N) is 3. The van der Waals surface area contributed by atoms with E-state index in [1.54, 1.807) is 38.1 Å². The van der Waals surface area contributed by atoms with Crippen molar-refractivity contribution in [2.24, 2.45) is 34.0 Å². The van der Waals surface area contributed by atoms with Gasteiger partial charge in [-0.05, 0) is 72.9 Å².